The van der Waals surface area contributed by atoms with E-state index in [1.165, 1.54) is 5.56 Å². The summed E-state index contributed by atoms with van der Waals surface area (Å²) in [6.45, 7) is 10.3. The van der Waals surface area contributed by atoms with Gasteiger partial charge in [0.25, 0.3) is 0 Å². The second-order valence-corrected chi connectivity index (χ2v) is 7.03. The van der Waals surface area contributed by atoms with Crippen LogP contribution >= 0.6 is 24.0 Å². The molecule has 1 aliphatic heterocycles. The quantitative estimate of drug-likeness (QED) is 0.363. The van der Waals surface area contributed by atoms with Crippen LogP contribution in [0.25, 0.3) is 0 Å². The Balaban J connectivity index is 0.00000338. The highest BCUT2D eigenvalue weighted by molar-refractivity contribution is 14.0. The van der Waals surface area contributed by atoms with Gasteiger partial charge in [0.1, 0.15) is 0 Å². The SMILES string of the molecule is CN=C(NCC(C)N1CCOCC1C)NC(C)CCc1ccccc1.I. The summed E-state index contributed by atoms with van der Waals surface area (Å²) in [4.78, 5) is 6.87. The van der Waals surface area contributed by atoms with Gasteiger partial charge in [-0.3, -0.25) is 9.89 Å². The minimum atomic E-state index is 0. The Morgan fingerprint density at radius 2 is 2.04 bits per heavy atom. The van der Waals surface area contributed by atoms with E-state index in [-0.39, 0.29) is 24.0 Å². The molecule has 1 heterocycles. The number of hydrogen-bond donors (Lipinski definition) is 2. The van der Waals surface area contributed by atoms with E-state index in [4.69, 9.17) is 4.74 Å². The first-order valence-electron chi connectivity index (χ1n) is 9.44. The lowest BCUT2D eigenvalue weighted by Crippen LogP contribution is -2.53. The van der Waals surface area contributed by atoms with Crippen molar-refractivity contribution in [3.8, 4) is 0 Å². The number of guanidine groups is 1. The molecule has 0 spiro atoms. The lowest BCUT2D eigenvalue weighted by Gasteiger charge is -2.38. The van der Waals surface area contributed by atoms with Crippen molar-refractivity contribution in [1.82, 2.24) is 15.5 Å². The summed E-state index contributed by atoms with van der Waals surface area (Å²) in [5, 5.41) is 6.97. The van der Waals surface area contributed by atoms with E-state index in [0.717, 1.165) is 45.1 Å². The van der Waals surface area contributed by atoms with Crippen LogP contribution in [-0.4, -0.2) is 62.3 Å². The Kier molecular flexibility index (Phi) is 11.2. The van der Waals surface area contributed by atoms with Crippen molar-refractivity contribution in [3.63, 3.8) is 0 Å². The maximum Gasteiger partial charge on any atom is 0.191 e. The van der Waals surface area contributed by atoms with E-state index < -0.39 is 0 Å². The molecule has 1 fully saturated rings. The van der Waals surface area contributed by atoms with Crippen LogP contribution in [0, 0.1) is 0 Å². The second kappa shape index (κ2) is 12.5. The molecule has 1 aromatic carbocycles. The lowest BCUT2D eigenvalue weighted by atomic mass is 10.1. The molecule has 2 N–H and O–H groups in total. The summed E-state index contributed by atoms with van der Waals surface area (Å²) in [5.41, 5.74) is 1.38. The third-order valence-electron chi connectivity index (χ3n) is 4.87. The van der Waals surface area contributed by atoms with Gasteiger partial charge in [-0.2, -0.15) is 0 Å². The van der Waals surface area contributed by atoms with Gasteiger partial charge in [-0.1, -0.05) is 30.3 Å². The normalized spacial score (nSPS) is 20.8. The van der Waals surface area contributed by atoms with Gasteiger partial charge in [0, 0.05) is 38.3 Å². The second-order valence-electron chi connectivity index (χ2n) is 7.03. The summed E-state index contributed by atoms with van der Waals surface area (Å²) < 4.78 is 5.53. The van der Waals surface area contributed by atoms with E-state index in [0.29, 0.717) is 18.1 Å². The van der Waals surface area contributed by atoms with Crippen LogP contribution in [0.15, 0.2) is 35.3 Å². The Morgan fingerprint density at radius 1 is 1.31 bits per heavy atom. The maximum atomic E-state index is 5.53. The van der Waals surface area contributed by atoms with Crippen molar-refractivity contribution in [2.24, 2.45) is 4.99 Å². The van der Waals surface area contributed by atoms with Crippen LogP contribution in [0.1, 0.15) is 32.8 Å². The minimum Gasteiger partial charge on any atom is -0.379 e. The molecule has 0 aromatic heterocycles. The van der Waals surface area contributed by atoms with Gasteiger partial charge in [0.15, 0.2) is 5.96 Å². The summed E-state index contributed by atoms with van der Waals surface area (Å²) in [7, 11) is 1.83. The number of aryl methyl sites for hydroxylation is 1. The fraction of sp³-hybridized carbons (Fsp3) is 0.650. The molecule has 5 nitrogen and oxygen atoms in total. The zero-order valence-electron chi connectivity index (χ0n) is 16.6. The maximum absolute atomic E-state index is 5.53. The molecule has 1 saturated heterocycles. The molecule has 1 aromatic rings. The summed E-state index contributed by atoms with van der Waals surface area (Å²) in [6, 6.07) is 11.9. The Morgan fingerprint density at radius 3 is 2.69 bits per heavy atom. The van der Waals surface area contributed by atoms with Crippen molar-refractivity contribution in [1.29, 1.82) is 0 Å². The van der Waals surface area contributed by atoms with E-state index in [1.807, 2.05) is 7.05 Å². The molecule has 0 radical (unpaired) electrons. The Labute approximate surface area is 176 Å². The molecule has 0 amide bonds. The topological polar surface area (TPSA) is 48.9 Å². The number of nitrogens with zero attached hydrogens (tertiary/aromatic N) is 2. The van der Waals surface area contributed by atoms with Crippen molar-refractivity contribution in [2.75, 3.05) is 33.4 Å². The highest BCUT2D eigenvalue weighted by atomic mass is 127. The van der Waals surface area contributed by atoms with Crippen LogP contribution in [0.3, 0.4) is 0 Å². The molecular weight excluding hydrogens is 439 g/mol. The summed E-state index contributed by atoms with van der Waals surface area (Å²) >= 11 is 0. The lowest BCUT2D eigenvalue weighted by molar-refractivity contribution is -0.0174. The third kappa shape index (κ3) is 7.80. The molecule has 26 heavy (non-hydrogen) atoms. The molecule has 0 aliphatic carbocycles. The standard InChI is InChI=1S/C20H34N4O.HI/c1-16(10-11-19-8-6-5-7-9-19)23-20(21-4)22-14-17(2)24-12-13-25-15-18(24)3;/h5-9,16-18H,10-15H2,1-4H3,(H2,21,22,23);1H. The first-order valence-corrected chi connectivity index (χ1v) is 9.44. The number of benzene rings is 1. The van der Waals surface area contributed by atoms with Gasteiger partial charge in [-0.25, -0.2) is 0 Å². The largest absolute Gasteiger partial charge is 0.379 e. The number of ether oxygens (including phenoxy) is 1. The third-order valence-corrected chi connectivity index (χ3v) is 4.87. The zero-order chi connectivity index (χ0) is 18.1. The van der Waals surface area contributed by atoms with Gasteiger partial charge >= 0.3 is 0 Å². The summed E-state index contributed by atoms with van der Waals surface area (Å²) in [6.07, 6.45) is 2.16. The van der Waals surface area contributed by atoms with E-state index >= 15 is 0 Å². The smallest absolute Gasteiger partial charge is 0.191 e. The molecule has 1 aliphatic rings. The molecule has 6 heteroatoms. The van der Waals surface area contributed by atoms with Gasteiger partial charge in [0.2, 0.25) is 0 Å². The highest BCUT2D eigenvalue weighted by Crippen LogP contribution is 2.10. The fourth-order valence-electron chi connectivity index (χ4n) is 3.28. The number of hydrogen-bond acceptors (Lipinski definition) is 3. The van der Waals surface area contributed by atoms with Gasteiger partial charge in [0.05, 0.1) is 13.2 Å². The predicted octanol–water partition coefficient (Wildman–Crippen LogP) is 2.90. The average Bonchev–Trinajstić information content (AvgIpc) is 2.64. The van der Waals surface area contributed by atoms with Gasteiger partial charge < -0.3 is 15.4 Å². The molecule has 3 atom stereocenters. The van der Waals surface area contributed by atoms with Gasteiger partial charge in [-0.15, -0.1) is 24.0 Å². The van der Waals surface area contributed by atoms with Crippen LogP contribution in [0.2, 0.25) is 0 Å². The Bertz CT molecular complexity index is 526. The first-order chi connectivity index (χ1) is 12.1. The monoisotopic (exact) mass is 474 g/mol. The van der Waals surface area contributed by atoms with Crippen LogP contribution < -0.4 is 10.6 Å². The van der Waals surface area contributed by atoms with Crippen LogP contribution in [0.4, 0.5) is 0 Å². The number of morpholine rings is 1. The molecule has 2 rings (SSSR count). The molecule has 0 saturated carbocycles. The van der Waals surface area contributed by atoms with Crippen molar-refractivity contribution >= 4 is 29.9 Å². The minimum absolute atomic E-state index is 0. The van der Waals surface area contributed by atoms with E-state index in [1.54, 1.807) is 0 Å². The predicted molar refractivity (Wildman–Crippen MR) is 121 cm³/mol. The average molecular weight is 474 g/mol. The number of rotatable bonds is 7. The highest BCUT2D eigenvalue weighted by Gasteiger charge is 2.23. The van der Waals surface area contributed by atoms with E-state index in [9.17, 15) is 0 Å². The number of halogens is 1. The van der Waals surface area contributed by atoms with Gasteiger partial charge in [-0.05, 0) is 39.2 Å². The van der Waals surface area contributed by atoms with Crippen molar-refractivity contribution in [2.45, 2.75) is 51.7 Å². The van der Waals surface area contributed by atoms with E-state index in [2.05, 4.69) is 71.6 Å². The molecular formula is C20H35IN4O. The van der Waals surface area contributed by atoms with Crippen LogP contribution in [-0.2, 0) is 11.2 Å². The molecule has 148 valence electrons. The molecule has 0 bridgehead atoms. The van der Waals surface area contributed by atoms with Crippen LogP contribution in [0.5, 0.6) is 0 Å². The fourth-order valence-corrected chi connectivity index (χ4v) is 3.28. The molecule has 3 unspecified atom stereocenters. The zero-order valence-corrected chi connectivity index (χ0v) is 18.9. The van der Waals surface area contributed by atoms with Crippen molar-refractivity contribution < 1.29 is 4.74 Å². The Hall–Kier alpha value is -0.860. The first kappa shape index (κ1) is 23.2. The number of aliphatic imine (C=N–C) groups is 1. The number of nitrogens with one attached hydrogen (secondary N) is 2. The van der Waals surface area contributed by atoms with Crippen molar-refractivity contribution in [3.05, 3.63) is 35.9 Å². The summed E-state index contributed by atoms with van der Waals surface area (Å²) in [5.74, 6) is 0.883.